The van der Waals surface area contributed by atoms with Crippen molar-refractivity contribution in [1.82, 2.24) is 9.97 Å². The molecule has 0 atom stereocenters. The molecule has 0 fully saturated rings. The summed E-state index contributed by atoms with van der Waals surface area (Å²) < 4.78 is 28.8. The van der Waals surface area contributed by atoms with Gasteiger partial charge in [0, 0.05) is 25.1 Å². The van der Waals surface area contributed by atoms with Gasteiger partial charge in [-0.05, 0) is 62.1 Å². The lowest BCUT2D eigenvalue weighted by molar-refractivity contribution is -0.137. The third-order valence-corrected chi connectivity index (χ3v) is 6.98. The summed E-state index contributed by atoms with van der Waals surface area (Å²) in [5.41, 5.74) is 3.31. The van der Waals surface area contributed by atoms with Crippen molar-refractivity contribution < 1.29 is 18.3 Å². The minimum Gasteiger partial charge on any atom is -0.481 e. The lowest BCUT2D eigenvalue weighted by Crippen LogP contribution is -2.27. The molecule has 10 heteroatoms. The fraction of sp³-hybridized carbons (Fsp3) is 0.320. The van der Waals surface area contributed by atoms with Crippen LogP contribution in [0.5, 0.6) is 0 Å². The Bertz CT molecular complexity index is 1290. The summed E-state index contributed by atoms with van der Waals surface area (Å²) in [6.07, 6.45) is 1.27. The van der Waals surface area contributed by atoms with Crippen LogP contribution in [0.2, 0.25) is 5.02 Å². The summed E-state index contributed by atoms with van der Waals surface area (Å²) in [5, 5.41) is 9.19. The number of carboxylic acids is 1. The molecule has 0 aliphatic rings. The van der Waals surface area contributed by atoms with Gasteiger partial charge in [-0.3, -0.25) is 9.52 Å². The average molecular weight is 517 g/mol. The fourth-order valence-corrected chi connectivity index (χ4v) is 4.98. The zero-order valence-corrected chi connectivity index (χ0v) is 21.5. The summed E-state index contributed by atoms with van der Waals surface area (Å²) in [5.74, 6) is -0.266. The molecule has 0 amide bonds. The Kier molecular flexibility index (Phi) is 8.69. The van der Waals surface area contributed by atoms with Crippen molar-refractivity contribution in [2.24, 2.45) is 0 Å². The number of anilines is 2. The monoisotopic (exact) mass is 516 g/mol. The van der Waals surface area contributed by atoms with E-state index in [4.69, 9.17) is 16.7 Å². The smallest absolute Gasteiger partial charge is 0.303 e. The molecule has 0 bridgehead atoms. The van der Waals surface area contributed by atoms with Gasteiger partial charge >= 0.3 is 5.97 Å². The van der Waals surface area contributed by atoms with Crippen molar-refractivity contribution in [3.8, 4) is 11.3 Å². The zero-order chi connectivity index (χ0) is 25.6. The number of rotatable bonds is 11. The molecule has 0 aliphatic carbocycles. The highest BCUT2D eigenvalue weighted by Gasteiger charge is 2.20. The van der Waals surface area contributed by atoms with Crippen LogP contribution in [-0.2, 0) is 14.8 Å². The van der Waals surface area contributed by atoms with E-state index in [0.29, 0.717) is 36.0 Å². The van der Waals surface area contributed by atoms with Crippen LogP contribution < -0.4 is 9.62 Å². The van der Waals surface area contributed by atoms with E-state index in [2.05, 4.69) is 14.7 Å². The standard InChI is InChI=1S/C25H29ClN4O4S/c1-4-15-30(16-7-12-23(31)32)21-10-6-11-22(28-21)35(33,34)29-20-14-13-19(26)25(27-20)24-17(2)8-5-9-18(24)3/h5-6,8-11,13-14H,4,7,12,15-16H2,1-3H3,(H,27,29)(H,31,32). The Labute approximate surface area is 211 Å². The molecule has 1 aromatic carbocycles. The molecule has 2 aromatic heterocycles. The molecular weight excluding hydrogens is 488 g/mol. The van der Waals surface area contributed by atoms with Gasteiger partial charge in [-0.2, -0.15) is 8.42 Å². The first-order valence-corrected chi connectivity index (χ1v) is 13.2. The van der Waals surface area contributed by atoms with Crippen LogP contribution in [0.3, 0.4) is 0 Å². The Morgan fingerprint density at radius 3 is 2.37 bits per heavy atom. The van der Waals surface area contributed by atoms with Crippen molar-refractivity contribution in [1.29, 1.82) is 0 Å². The number of carbonyl (C=O) groups is 1. The second kappa shape index (κ2) is 11.5. The molecule has 0 aliphatic heterocycles. The van der Waals surface area contributed by atoms with Crippen LogP contribution in [0.4, 0.5) is 11.6 Å². The van der Waals surface area contributed by atoms with E-state index in [-0.39, 0.29) is 17.3 Å². The highest BCUT2D eigenvalue weighted by molar-refractivity contribution is 7.92. The normalized spacial score (nSPS) is 11.3. The number of aryl methyl sites for hydroxylation is 2. The van der Waals surface area contributed by atoms with Crippen LogP contribution in [0, 0.1) is 13.8 Å². The lowest BCUT2D eigenvalue weighted by Gasteiger charge is -2.23. The number of hydrogen-bond donors (Lipinski definition) is 2. The van der Waals surface area contributed by atoms with Gasteiger partial charge in [-0.25, -0.2) is 9.97 Å². The molecule has 0 saturated heterocycles. The second-order valence-corrected chi connectivity index (χ2v) is 10.3. The Hall–Kier alpha value is -3.17. The number of aliphatic carboxylic acids is 1. The number of nitrogens with one attached hydrogen (secondary N) is 1. The van der Waals surface area contributed by atoms with Crippen LogP contribution >= 0.6 is 11.6 Å². The number of carboxylic acid groups (broad SMARTS) is 1. The second-order valence-electron chi connectivity index (χ2n) is 8.22. The fourth-order valence-electron chi connectivity index (χ4n) is 3.81. The molecule has 3 aromatic rings. The van der Waals surface area contributed by atoms with Gasteiger partial charge in [0.2, 0.25) is 0 Å². The molecule has 0 radical (unpaired) electrons. The number of hydrogen-bond acceptors (Lipinski definition) is 6. The van der Waals surface area contributed by atoms with Gasteiger partial charge in [-0.15, -0.1) is 0 Å². The summed E-state index contributed by atoms with van der Waals surface area (Å²) >= 11 is 6.42. The Morgan fingerprint density at radius 1 is 1.03 bits per heavy atom. The topological polar surface area (TPSA) is 112 Å². The SMILES string of the molecule is CCCN(CCCC(=O)O)c1cccc(S(=O)(=O)Nc2ccc(Cl)c(-c3c(C)cccc3C)n2)n1. The number of pyridine rings is 2. The van der Waals surface area contributed by atoms with E-state index in [1.807, 2.05) is 43.9 Å². The summed E-state index contributed by atoms with van der Waals surface area (Å²) in [4.78, 5) is 21.6. The van der Waals surface area contributed by atoms with Crippen molar-refractivity contribution in [2.45, 2.75) is 45.1 Å². The van der Waals surface area contributed by atoms with E-state index in [9.17, 15) is 13.2 Å². The van der Waals surface area contributed by atoms with Crippen molar-refractivity contribution >= 4 is 39.2 Å². The third-order valence-electron chi connectivity index (χ3n) is 5.42. The van der Waals surface area contributed by atoms with E-state index >= 15 is 0 Å². The quantitative estimate of drug-likeness (QED) is 0.355. The zero-order valence-electron chi connectivity index (χ0n) is 20.0. The predicted octanol–water partition coefficient (Wildman–Crippen LogP) is 5.30. The minimum atomic E-state index is -4.04. The number of halogens is 1. The number of benzene rings is 1. The molecule has 0 saturated carbocycles. The van der Waals surface area contributed by atoms with E-state index in [1.165, 1.54) is 12.1 Å². The van der Waals surface area contributed by atoms with Crippen LogP contribution in [-0.4, -0.2) is 42.6 Å². The maximum absolute atomic E-state index is 13.2. The minimum absolute atomic E-state index is 0.0324. The van der Waals surface area contributed by atoms with Gasteiger partial charge in [0.05, 0.1) is 10.7 Å². The van der Waals surface area contributed by atoms with Crippen molar-refractivity contribution in [3.63, 3.8) is 0 Å². The van der Waals surface area contributed by atoms with E-state index in [0.717, 1.165) is 23.1 Å². The van der Waals surface area contributed by atoms with Gasteiger partial charge in [0.25, 0.3) is 10.0 Å². The van der Waals surface area contributed by atoms with Gasteiger partial charge in [0.15, 0.2) is 5.03 Å². The van der Waals surface area contributed by atoms with E-state index in [1.54, 1.807) is 18.2 Å². The highest BCUT2D eigenvalue weighted by atomic mass is 35.5. The number of aromatic nitrogens is 2. The molecule has 0 unspecified atom stereocenters. The Morgan fingerprint density at radius 2 is 1.71 bits per heavy atom. The summed E-state index contributed by atoms with van der Waals surface area (Å²) in [6, 6.07) is 13.7. The molecule has 2 heterocycles. The van der Waals surface area contributed by atoms with Crippen molar-refractivity contribution in [3.05, 3.63) is 64.7 Å². The van der Waals surface area contributed by atoms with Gasteiger partial charge in [0.1, 0.15) is 11.6 Å². The number of nitrogens with zero attached hydrogens (tertiary/aromatic N) is 3. The third kappa shape index (κ3) is 6.70. The maximum Gasteiger partial charge on any atom is 0.303 e. The summed E-state index contributed by atoms with van der Waals surface area (Å²) in [6.45, 7) is 6.98. The van der Waals surface area contributed by atoms with E-state index < -0.39 is 16.0 Å². The Balaban J connectivity index is 1.89. The molecule has 8 nitrogen and oxygen atoms in total. The van der Waals surface area contributed by atoms with Crippen molar-refractivity contribution in [2.75, 3.05) is 22.7 Å². The largest absolute Gasteiger partial charge is 0.481 e. The lowest BCUT2D eigenvalue weighted by atomic mass is 9.99. The first kappa shape index (κ1) is 26.4. The van der Waals surface area contributed by atoms with Crippen LogP contribution in [0.15, 0.2) is 53.6 Å². The van der Waals surface area contributed by atoms with Gasteiger partial charge < -0.3 is 10.0 Å². The molecule has 3 rings (SSSR count). The molecule has 2 N–H and O–H groups in total. The molecular formula is C25H29ClN4O4S. The average Bonchev–Trinajstić information content (AvgIpc) is 2.80. The first-order valence-electron chi connectivity index (χ1n) is 11.3. The maximum atomic E-state index is 13.2. The molecule has 186 valence electrons. The molecule has 0 spiro atoms. The predicted molar refractivity (Wildman–Crippen MR) is 139 cm³/mol. The molecule has 35 heavy (non-hydrogen) atoms. The highest BCUT2D eigenvalue weighted by Crippen LogP contribution is 2.32. The van der Waals surface area contributed by atoms with Crippen LogP contribution in [0.25, 0.3) is 11.3 Å². The first-order chi connectivity index (χ1) is 16.6. The summed E-state index contributed by atoms with van der Waals surface area (Å²) in [7, 11) is -4.04. The van der Waals surface area contributed by atoms with Crippen LogP contribution in [0.1, 0.15) is 37.3 Å². The van der Waals surface area contributed by atoms with Gasteiger partial charge in [-0.1, -0.05) is 42.8 Å². The number of sulfonamides is 1.